The molecule has 1 N–H and O–H groups in total. The maximum absolute atomic E-state index is 12.5. The maximum atomic E-state index is 12.5. The molecule has 1 aliphatic heterocycles. The van der Waals surface area contributed by atoms with Crippen molar-refractivity contribution in [3.05, 3.63) is 35.5 Å². The minimum Gasteiger partial charge on any atom is -0.458 e. The molecule has 0 saturated carbocycles. The van der Waals surface area contributed by atoms with E-state index < -0.39 is 17.8 Å². The highest BCUT2D eigenvalue weighted by Gasteiger charge is 2.42. The minimum absolute atomic E-state index is 0.0173. The largest absolute Gasteiger partial charge is 0.458 e. The van der Waals surface area contributed by atoms with Crippen LogP contribution >= 0.6 is 0 Å². The zero-order valence-corrected chi connectivity index (χ0v) is 17.6. The third kappa shape index (κ3) is 6.06. The van der Waals surface area contributed by atoms with Crippen LogP contribution in [0.3, 0.4) is 0 Å². The van der Waals surface area contributed by atoms with Gasteiger partial charge in [0.1, 0.15) is 11.7 Å². The van der Waals surface area contributed by atoms with E-state index in [2.05, 4.69) is 12.7 Å². The number of carbonyl (C=O) groups excluding carboxylic acids is 2. The molecule has 5 heteroatoms. The average molecular weight is 391 g/mol. The molecule has 1 fully saturated rings. The van der Waals surface area contributed by atoms with Crippen molar-refractivity contribution < 1.29 is 24.2 Å². The number of aliphatic hydroxyl groups is 1. The molecule has 1 saturated heterocycles. The van der Waals surface area contributed by atoms with Crippen LogP contribution in [0.1, 0.15) is 72.6 Å². The maximum Gasteiger partial charge on any atom is 0.310 e. The van der Waals surface area contributed by atoms with Crippen molar-refractivity contribution in [2.45, 2.75) is 90.4 Å². The molecule has 4 atom stereocenters. The summed E-state index contributed by atoms with van der Waals surface area (Å²) < 4.78 is 11.4. The minimum atomic E-state index is -0.887. The van der Waals surface area contributed by atoms with Crippen LogP contribution in [0.15, 0.2) is 35.5 Å². The van der Waals surface area contributed by atoms with Gasteiger partial charge in [-0.25, -0.2) is 0 Å². The van der Waals surface area contributed by atoms with Crippen molar-refractivity contribution >= 4 is 11.9 Å². The number of carbonyl (C=O) groups is 2. The Balaban J connectivity index is 2.40. The first-order valence-corrected chi connectivity index (χ1v) is 10.2. The first kappa shape index (κ1) is 22.4. The predicted molar refractivity (Wildman–Crippen MR) is 109 cm³/mol. The van der Waals surface area contributed by atoms with E-state index in [0.29, 0.717) is 19.3 Å². The highest BCUT2D eigenvalue weighted by Crippen LogP contribution is 2.37. The van der Waals surface area contributed by atoms with Crippen molar-refractivity contribution in [2.75, 3.05) is 0 Å². The average Bonchev–Trinajstić information content (AvgIpc) is 2.59. The second-order valence-electron chi connectivity index (χ2n) is 8.48. The van der Waals surface area contributed by atoms with Crippen LogP contribution < -0.4 is 0 Å². The summed E-state index contributed by atoms with van der Waals surface area (Å²) in [6.45, 7) is 11.3. The quantitative estimate of drug-likeness (QED) is 0.530. The lowest BCUT2D eigenvalue weighted by Gasteiger charge is -2.40. The standard InChI is InChI=1S/C23H34O5/c1-15-7-6-8-16(2)20(25)14-19-11-12-23(5,28-22(26)13-17(19)3)21(10-9-15)27-18(4)24/h7-8,19-21,25H,3,6,9-14H2,1-2,4-5H3/b15-7+,16-8+/t19-,20-,21+,23-/m1/s1. The molecule has 156 valence electrons. The smallest absolute Gasteiger partial charge is 0.310 e. The van der Waals surface area contributed by atoms with Crippen LogP contribution in [0.5, 0.6) is 0 Å². The topological polar surface area (TPSA) is 72.8 Å². The molecule has 0 unspecified atom stereocenters. The Bertz CT molecular complexity index is 674. The molecular formula is C23H34O5. The number of ether oxygens (including phenoxy) is 2. The molecule has 1 aliphatic carbocycles. The molecule has 2 bridgehead atoms. The van der Waals surface area contributed by atoms with Gasteiger partial charge < -0.3 is 14.6 Å². The fourth-order valence-electron chi connectivity index (χ4n) is 4.04. The van der Waals surface area contributed by atoms with Crippen LogP contribution in [-0.2, 0) is 19.1 Å². The van der Waals surface area contributed by atoms with Crippen LogP contribution in [0, 0.1) is 5.92 Å². The highest BCUT2D eigenvalue weighted by molar-refractivity contribution is 5.73. The summed E-state index contributed by atoms with van der Waals surface area (Å²) in [5, 5.41) is 10.6. The molecule has 28 heavy (non-hydrogen) atoms. The Morgan fingerprint density at radius 3 is 2.71 bits per heavy atom. The van der Waals surface area contributed by atoms with Crippen LogP contribution in [0.4, 0.5) is 0 Å². The fourth-order valence-corrected chi connectivity index (χ4v) is 4.04. The predicted octanol–water partition coefficient (Wildman–Crippen LogP) is 4.40. The number of aliphatic hydroxyl groups excluding tert-OH is 1. The van der Waals surface area contributed by atoms with Gasteiger partial charge in [-0.2, -0.15) is 0 Å². The number of rotatable bonds is 1. The van der Waals surface area contributed by atoms with E-state index in [1.165, 1.54) is 12.5 Å². The van der Waals surface area contributed by atoms with Crippen molar-refractivity contribution in [3.8, 4) is 0 Å². The normalized spacial score (nSPS) is 36.7. The van der Waals surface area contributed by atoms with Gasteiger partial charge in [0, 0.05) is 6.92 Å². The summed E-state index contributed by atoms with van der Waals surface area (Å²) in [5.41, 5.74) is 2.03. The zero-order chi connectivity index (χ0) is 20.9. The SMILES string of the molecule is C=C1CC(=O)O[C@]2(C)CC[C@@H]1C[C@@H](O)/C(C)=C/C/C=C(\C)CC[C@@H]2OC(C)=O. The second kappa shape index (κ2) is 9.55. The van der Waals surface area contributed by atoms with E-state index in [4.69, 9.17) is 9.47 Å². The summed E-state index contributed by atoms with van der Waals surface area (Å²) in [6, 6.07) is 0. The van der Waals surface area contributed by atoms with E-state index in [-0.39, 0.29) is 24.3 Å². The van der Waals surface area contributed by atoms with Crippen LogP contribution in [0.25, 0.3) is 0 Å². The Morgan fingerprint density at radius 1 is 1.32 bits per heavy atom. The molecule has 1 heterocycles. The first-order valence-electron chi connectivity index (χ1n) is 10.2. The molecule has 0 amide bonds. The summed E-state index contributed by atoms with van der Waals surface area (Å²) in [7, 11) is 0. The molecule has 0 aromatic rings. The van der Waals surface area contributed by atoms with E-state index >= 15 is 0 Å². The van der Waals surface area contributed by atoms with Gasteiger partial charge in [-0.15, -0.1) is 0 Å². The Kier molecular flexibility index (Phi) is 7.64. The molecule has 5 nitrogen and oxygen atoms in total. The van der Waals surface area contributed by atoms with Crippen molar-refractivity contribution in [2.24, 2.45) is 5.92 Å². The Labute approximate surface area is 168 Å². The molecule has 0 aromatic heterocycles. The highest BCUT2D eigenvalue weighted by atomic mass is 16.6. The Morgan fingerprint density at radius 2 is 2.04 bits per heavy atom. The van der Waals surface area contributed by atoms with Gasteiger partial charge in [0.25, 0.3) is 0 Å². The van der Waals surface area contributed by atoms with Gasteiger partial charge in [0.15, 0.2) is 0 Å². The van der Waals surface area contributed by atoms with Gasteiger partial charge in [-0.3, -0.25) is 9.59 Å². The zero-order valence-electron chi connectivity index (χ0n) is 17.6. The molecule has 0 radical (unpaired) electrons. The van der Waals surface area contributed by atoms with Crippen LogP contribution in [0.2, 0.25) is 0 Å². The van der Waals surface area contributed by atoms with E-state index in [9.17, 15) is 14.7 Å². The van der Waals surface area contributed by atoms with Gasteiger partial charge in [-0.1, -0.05) is 29.9 Å². The monoisotopic (exact) mass is 390 g/mol. The Hall–Kier alpha value is -1.88. The van der Waals surface area contributed by atoms with Crippen LogP contribution in [-0.4, -0.2) is 34.9 Å². The fraction of sp³-hybridized carbons (Fsp3) is 0.652. The number of fused-ring (bicyclic) bond motifs is 3. The molecule has 2 aliphatic rings. The van der Waals surface area contributed by atoms with Gasteiger partial charge in [-0.05, 0) is 70.8 Å². The molecule has 2 rings (SSSR count). The van der Waals surface area contributed by atoms with Crippen molar-refractivity contribution in [3.63, 3.8) is 0 Å². The summed E-state index contributed by atoms with van der Waals surface area (Å²) in [4.78, 5) is 24.2. The van der Waals surface area contributed by atoms with E-state index in [1.807, 2.05) is 26.8 Å². The summed E-state index contributed by atoms with van der Waals surface area (Å²) in [5.74, 6) is -0.707. The molecular weight excluding hydrogens is 356 g/mol. The van der Waals surface area contributed by atoms with Gasteiger partial charge in [0.05, 0.1) is 12.5 Å². The van der Waals surface area contributed by atoms with Gasteiger partial charge >= 0.3 is 11.9 Å². The van der Waals surface area contributed by atoms with E-state index in [0.717, 1.165) is 30.4 Å². The number of allylic oxidation sites excluding steroid dienone is 3. The lowest BCUT2D eigenvalue weighted by Crippen LogP contribution is -2.47. The molecule has 0 spiro atoms. The lowest BCUT2D eigenvalue weighted by atomic mass is 9.79. The van der Waals surface area contributed by atoms with Gasteiger partial charge in [0.2, 0.25) is 0 Å². The number of hydrogen-bond acceptors (Lipinski definition) is 5. The van der Waals surface area contributed by atoms with Crippen molar-refractivity contribution in [1.82, 2.24) is 0 Å². The third-order valence-electron chi connectivity index (χ3n) is 6.01. The second-order valence-corrected chi connectivity index (χ2v) is 8.48. The summed E-state index contributed by atoms with van der Waals surface area (Å²) in [6.07, 6.45) is 7.14. The first-order chi connectivity index (χ1) is 13.1. The third-order valence-corrected chi connectivity index (χ3v) is 6.01. The number of hydrogen-bond donors (Lipinski definition) is 1. The summed E-state index contributed by atoms with van der Waals surface area (Å²) >= 11 is 0. The van der Waals surface area contributed by atoms with E-state index in [1.54, 1.807) is 0 Å². The number of esters is 2. The van der Waals surface area contributed by atoms with Crippen molar-refractivity contribution in [1.29, 1.82) is 0 Å². The molecule has 0 aromatic carbocycles. The lowest BCUT2D eigenvalue weighted by molar-refractivity contribution is -0.186.